The number of unbranched alkanes of at least 4 members (excludes halogenated alkanes) is 7. The number of hydrogen-bond acceptors (Lipinski definition) is 1. The van der Waals surface area contributed by atoms with Crippen LogP contribution in [0.25, 0.3) is 0 Å². The normalized spacial score (nSPS) is 12.5. The highest BCUT2D eigenvalue weighted by atomic mass is 35.5. The fourth-order valence-corrected chi connectivity index (χ4v) is 3.06. The molecule has 1 aromatic heterocycles. The third-order valence-corrected chi connectivity index (χ3v) is 4.46. The van der Waals surface area contributed by atoms with Crippen LogP contribution >= 0.6 is 11.6 Å². The van der Waals surface area contributed by atoms with Gasteiger partial charge in [-0.05, 0) is 25.0 Å². The Morgan fingerprint density at radius 2 is 1.48 bits per heavy atom. The van der Waals surface area contributed by atoms with Gasteiger partial charge in [0.25, 0.3) is 0 Å². The second-order valence-electron chi connectivity index (χ2n) is 6.15. The lowest BCUT2D eigenvalue weighted by atomic mass is 9.91. The molecule has 0 aromatic carbocycles. The summed E-state index contributed by atoms with van der Waals surface area (Å²) in [5.41, 5.74) is 1.20. The number of nitrogens with zero attached hydrogens (tertiary/aromatic N) is 1. The van der Waals surface area contributed by atoms with Crippen molar-refractivity contribution in [3.8, 4) is 0 Å². The minimum atomic E-state index is 0.599. The minimum Gasteiger partial charge on any atom is -0.261 e. The van der Waals surface area contributed by atoms with E-state index >= 15 is 0 Å². The summed E-state index contributed by atoms with van der Waals surface area (Å²) in [6, 6.07) is 3.94. The summed E-state index contributed by atoms with van der Waals surface area (Å²) in [6.07, 6.45) is 16.5. The standard InChI is InChI=1S/C19H32ClN/c1-3-5-7-9-11-13-17(12-10-8-6-4-2)19-16-18(20)14-15-21-19/h14-17H,3-13H2,1-2H3. The highest BCUT2D eigenvalue weighted by Crippen LogP contribution is 2.28. The fraction of sp³-hybridized carbons (Fsp3) is 0.737. The van der Waals surface area contributed by atoms with Gasteiger partial charge in [0.2, 0.25) is 0 Å². The Morgan fingerprint density at radius 3 is 2.05 bits per heavy atom. The third kappa shape index (κ3) is 8.46. The van der Waals surface area contributed by atoms with E-state index in [1.807, 2.05) is 12.3 Å². The molecule has 120 valence electrons. The average molecular weight is 310 g/mol. The molecule has 1 heterocycles. The Kier molecular flexibility index (Phi) is 10.6. The average Bonchev–Trinajstić information content (AvgIpc) is 2.49. The van der Waals surface area contributed by atoms with Gasteiger partial charge in [-0.1, -0.05) is 83.2 Å². The lowest BCUT2D eigenvalue weighted by Crippen LogP contribution is -2.02. The van der Waals surface area contributed by atoms with Crippen LogP contribution in [-0.4, -0.2) is 4.98 Å². The van der Waals surface area contributed by atoms with Crippen LogP contribution < -0.4 is 0 Å². The maximum atomic E-state index is 6.14. The topological polar surface area (TPSA) is 12.9 Å². The maximum absolute atomic E-state index is 6.14. The van der Waals surface area contributed by atoms with Crippen LogP contribution in [0.2, 0.25) is 5.02 Å². The molecule has 1 unspecified atom stereocenters. The van der Waals surface area contributed by atoms with Crippen molar-refractivity contribution >= 4 is 11.6 Å². The van der Waals surface area contributed by atoms with Crippen LogP contribution in [0.3, 0.4) is 0 Å². The zero-order valence-electron chi connectivity index (χ0n) is 13.9. The van der Waals surface area contributed by atoms with Crippen LogP contribution in [0.4, 0.5) is 0 Å². The summed E-state index contributed by atoms with van der Waals surface area (Å²) in [7, 11) is 0. The molecule has 0 saturated heterocycles. The van der Waals surface area contributed by atoms with Crippen LogP contribution in [0.15, 0.2) is 18.3 Å². The van der Waals surface area contributed by atoms with E-state index < -0.39 is 0 Å². The monoisotopic (exact) mass is 309 g/mol. The lowest BCUT2D eigenvalue weighted by Gasteiger charge is -2.16. The number of rotatable bonds is 12. The molecule has 1 aromatic rings. The molecule has 0 aliphatic rings. The number of halogens is 1. The summed E-state index contributed by atoms with van der Waals surface area (Å²) in [5.74, 6) is 0.599. The lowest BCUT2D eigenvalue weighted by molar-refractivity contribution is 0.486. The molecular formula is C19H32ClN. The van der Waals surface area contributed by atoms with Crippen molar-refractivity contribution in [2.45, 2.75) is 90.4 Å². The first-order chi connectivity index (χ1) is 10.3. The molecule has 2 heteroatoms. The molecule has 21 heavy (non-hydrogen) atoms. The van der Waals surface area contributed by atoms with E-state index in [2.05, 4.69) is 24.9 Å². The van der Waals surface area contributed by atoms with Crippen molar-refractivity contribution in [3.05, 3.63) is 29.0 Å². The number of aromatic nitrogens is 1. The SMILES string of the molecule is CCCCCCCC(CCCCCC)c1cc(Cl)ccn1. The molecule has 0 N–H and O–H groups in total. The molecule has 0 fully saturated rings. The van der Waals surface area contributed by atoms with Crippen LogP contribution in [0, 0.1) is 0 Å². The van der Waals surface area contributed by atoms with Gasteiger partial charge in [-0.2, -0.15) is 0 Å². The van der Waals surface area contributed by atoms with Gasteiger partial charge in [0.05, 0.1) is 0 Å². The number of pyridine rings is 1. The fourth-order valence-electron chi connectivity index (χ4n) is 2.90. The van der Waals surface area contributed by atoms with E-state index in [4.69, 9.17) is 11.6 Å². The maximum Gasteiger partial charge on any atom is 0.0449 e. The van der Waals surface area contributed by atoms with E-state index in [-0.39, 0.29) is 0 Å². The van der Waals surface area contributed by atoms with Crippen LogP contribution in [-0.2, 0) is 0 Å². The molecule has 0 spiro atoms. The van der Waals surface area contributed by atoms with Gasteiger partial charge in [0.1, 0.15) is 0 Å². The highest BCUT2D eigenvalue weighted by Gasteiger charge is 2.13. The molecular weight excluding hydrogens is 278 g/mol. The summed E-state index contributed by atoms with van der Waals surface area (Å²) >= 11 is 6.14. The van der Waals surface area contributed by atoms with Gasteiger partial charge < -0.3 is 0 Å². The second kappa shape index (κ2) is 12.0. The van der Waals surface area contributed by atoms with Crippen molar-refractivity contribution < 1.29 is 0 Å². The first-order valence-electron chi connectivity index (χ1n) is 8.89. The van der Waals surface area contributed by atoms with Gasteiger partial charge in [-0.15, -0.1) is 0 Å². The van der Waals surface area contributed by atoms with Gasteiger partial charge >= 0.3 is 0 Å². The van der Waals surface area contributed by atoms with Gasteiger partial charge in [-0.3, -0.25) is 4.98 Å². The molecule has 0 saturated carbocycles. The van der Waals surface area contributed by atoms with E-state index in [9.17, 15) is 0 Å². The molecule has 0 aliphatic carbocycles. The Morgan fingerprint density at radius 1 is 0.905 bits per heavy atom. The summed E-state index contributed by atoms with van der Waals surface area (Å²) in [6.45, 7) is 4.54. The van der Waals surface area contributed by atoms with E-state index in [0.717, 1.165) is 5.02 Å². The largest absolute Gasteiger partial charge is 0.261 e. The van der Waals surface area contributed by atoms with Crippen LogP contribution in [0.1, 0.15) is 96.1 Å². The second-order valence-corrected chi connectivity index (χ2v) is 6.58. The summed E-state index contributed by atoms with van der Waals surface area (Å²) in [5, 5.41) is 0.824. The van der Waals surface area contributed by atoms with E-state index in [0.29, 0.717) is 5.92 Å². The highest BCUT2D eigenvalue weighted by molar-refractivity contribution is 6.30. The molecule has 0 aliphatic heterocycles. The Bertz CT molecular complexity index is 364. The van der Waals surface area contributed by atoms with Crippen molar-refractivity contribution in [1.82, 2.24) is 4.98 Å². The smallest absolute Gasteiger partial charge is 0.0449 e. The number of hydrogen-bond donors (Lipinski definition) is 0. The molecule has 1 rings (SSSR count). The van der Waals surface area contributed by atoms with Gasteiger partial charge in [0.15, 0.2) is 0 Å². The quantitative estimate of drug-likeness (QED) is 0.373. The Hall–Kier alpha value is -0.560. The Balaban J connectivity index is 2.45. The first kappa shape index (κ1) is 18.5. The minimum absolute atomic E-state index is 0.599. The van der Waals surface area contributed by atoms with Gasteiger partial charge in [-0.25, -0.2) is 0 Å². The van der Waals surface area contributed by atoms with Crippen molar-refractivity contribution in [3.63, 3.8) is 0 Å². The Labute approximate surface area is 136 Å². The zero-order chi connectivity index (χ0) is 15.3. The first-order valence-corrected chi connectivity index (χ1v) is 9.27. The predicted octanol–water partition coefficient (Wildman–Crippen LogP) is 7.15. The van der Waals surface area contributed by atoms with E-state index in [1.54, 1.807) is 0 Å². The van der Waals surface area contributed by atoms with E-state index in [1.165, 1.54) is 76.3 Å². The third-order valence-electron chi connectivity index (χ3n) is 4.22. The zero-order valence-corrected chi connectivity index (χ0v) is 14.7. The van der Waals surface area contributed by atoms with Crippen LogP contribution in [0.5, 0.6) is 0 Å². The molecule has 1 atom stereocenters. The molecule has 0 bridgehead atoms. The molecule has 1 nitrogen and oxygen atoms in total. The summed E-state index contributed by atoms with van der Waals surface area (Å²) in [4.78, 5) is 4.57. The van der Waals surface area contributed by atoms with Crippen molar-refractivity contribution in [2.24, 2.45) is 0 Å². The predicted molar refractivity (Wildman–Crippen MR) is 94.1 cm³/mol. The molecule has 0 radical (unpaired) electrons. The van der Waals surface area contributed by atoms with Crippen molar-refractivity contribution in [2.75, 3.05) is 0 Å². The van der Waals surface area contributed by atoms with Gasteiger partial charge in [0, 0.05) is 22.8 Å². The molecule has 0 amide bonds. The van der Waals surface area contributed by atoms with Crippen molar-refractivity contribution in [1.29, 1.82) is 0 Å². The summed E-state index contributed by atoms with van der Waals surface area (Å²) < 4.78 is 0.